The summed E-state index contributed by atoms with van der Waals surface area (Å²) in [5, 5.41) is 8.67. The molecular weight excluding hydrogens is 259 g/mol. The Kier molecular flexibility index (Phi) is 4.95. The average Bonchev–Trinajstić information content (AvgIpc) is 2.92. The Morgan fingerprint density at radius 2 is 2.10 bits per heavy atom. The molecule has 1 fully saturated rings. The number of carbonyl (C=O) groups is 1. The van der Waals surface area contributed by atoms with Crippen LogP contribution in [-0.4, -0.2) is 42.7 Å². The molecule has 1 saturated heterocycles. The Labute approximate surface area is 118 Å². The van der Waals surface area contributed by atoms with Gasteiger partial charge in [0.2, 0.25) is 0 Å². The van der Waals surface area contributed by atoms with E-state index in [2.05, 4.69) is 4.90 Å². The maximum atomic E-state index is 13.9. The van der Waals surface area contributed by atoms with Crippen molar-refractivity contribution >= 4 is 11.7 Å². The molecule has 0 atom stereocenters. The van der Waals surface area contributed by atoms with Crippen LogP contribution in [0.25, 0.3) is 0 Å². The highest BCUT2D eigenvalue weighted by Crippen LogP contribution is 2.25. The Balaban J connectivity index is 2.01. The molecule has 0 saturated carbocycles. The van der Waals surface area contributed by atoms with Crippen molar-refractivity contribution in [1.82, 2.24) is 4.90 Å². The highest BCUT2D eigenvalue weighted by molar-refractivity contribution is 5.66. The summed E-state index contributed by atoms with van der Waals surface area (Å²) < 4.78 is 13.9. The highest BCUT2D eigenvalue weighted by Gasteiger charge is 2.16. The largest absolute Gasteiger partial charge is 0.481 e. The molecule has 5 heteroatoms. The van der Waals surface area contributed by atoms with Gasteiger partial charge in [0.05, 0.1) is 12.1 Å². The molecule has 1 aliphatic rings. The Hall–Kier alpha value is -1.62. The first-order valence-electron chi connectivity index (χ1n) is 7.00. The van der Waals surface area contributed by atoms with Crippen LogP contribution in [-0.2, 0) is 11.3 Å². The molecule has 1 N–H and O–H groups in total. The zero-order valence-electron chi connectivity index (χ0n) is 11.8. The van der Waals surface area contributed by atoms with Crippen LogP contribution in [0.5, 0.6) is 0 Å². The quantitative estimate of drug-likeness (QED) is 0.868. The first kappa shape index (κ1) is 14.8. The van der Waals surface area contributed by atoms with Gasteiger partial charge in [-0.25, -0.2) is 4.39 Å². The van der Waals surface area contributed by atoms with Gasteiger partial charge in [0.15, 0.2) is 0 Å². The molecule has 0 aliphatic carbocycles. The van der Waals surface area contributed by atoms with Crippen molar-refractivity contribution in [3.8, 4) is 0 Å². The lowest BCUT2D eigenvalue weighted by Crippen LogP contribution is -2.22. The van der Waals surface area contributed by atoms with E-state index in [9.17, 15) is 9.18 Å². The van der Waals surface area contributed by atoms with Gasteiger partial charge in [0, 0.05) is 26.2 Å². The summed E-state index contributed by atoms with van der Waals surface area (Å²) in [7, 11) is 1.88. The van der Waals surface area contributed by atoms with E-state index in [0.717, 1.165) is 31.5 Å². The maximum absolute atomic E-state index is 13.9. The Bertz CT molecular complexity index is 473. The van der Waals surface area contributed by atoms with Crippen molar-refractivity contribution in [3.05, 3.63) is 29.6 Å². The first-order valence-corrected chi connectivity index (χ1v) is 7.00. The third-order valence-electron chi connectivity index (χ3n) is 3.62. The summed E-state index contributed by atoms with van der Waals surface area (Å²) in [4.78, 5) is 14.6. The molecule has 0 radical (unpaired) electrons. The number of hydrogen-bond donors (Lipinski definition) is 1. The van der Waals surface area contributed by atoms with Gasteiger partial charge in [0.25, 0.3) is 0 Å². The molecule has 1 aromatic rings. The number of benzene rings is 1. The molecule has 0 unspecified atom stereocenters. The molecular formula is C15H21FN2O2. The molecule has 110 valence electrons. The van der Waals surface area contributed by atoms with Crippen LogP contribution in [0.1, 0.15) is 24.8 Å². The van der Waals surface area contributed by atoms with E-state index in [1.807, 2.05) is 18.0 Å². The number of carboxylic acids is 1. The summed E-state index contributed by atoms with van der Waals surface area (Å²) in [6, 6.07) is 5.16. The van der Waals surface area contributed by atoms with Gasteiger partial charge in [-0.15, -0.1) is 0 Å². The van der Waals surface area contributed by atoms with Crippen LogP contribution in [0.4, 0.5) is 10.1 Å². The SMILES string of the molecule is CN(CCC(=O)O)Cc1ccc(F)c(N2CCCC2)c1. The predicted molar refractivity (Wildman–Crippen MR) is 76.4 cm³/mol. The molecule has 1 aromatic carbocycles. The van der Waals surface area contributed by atoms with Crippen LogP contribution in [0.2, 0.25) is 0 Å². The van der Waals surface area contributed by atoms with Crippen molar-refractivity contribution in [3.63, 3.8) is 0 Å². The molecule has 1 aliphatic heterocycles. The lowest BCUT2D eigenvalue weighted by atomic mass is 10.1. The summed E-state index contributed by atoms with van der Waals surface area (Å²) in [6.07, 6.45) is 2.35. The number of nitrogens with zero attached hydrogens (tertiary/aromatic N) is 2. The third kappa shape index (κ3) is 3.93. The topological polar surface area (TPSA) is 43.8 Å². The van der Waals surface area contributed by atoms with E-state index in [1.165, 1.54) is 6.07 Å². The zero-order valence-corrected chi connectivity index (χ0v) is 11.8. The van der Waals surface area contributed by atoms with E-state index in [0.29, 0.717) is 18.8 Å². The Morgan fingerprint density at radius 3 is 2.75 bits per heavy atom. The van der Waals surface area contributed by atoms with E-state index in [-0.39, 0.29) is 12.2 Å². The number of halogens is 1. The fraction of sp³-hybridized carbons (Fsp3) is 0.533. The zero-order chi connectivity index (χ0) is 14.5. The second-order valence-electron chi connectivity index (χ2n) is 5.36. The fourth-order valence-electron chi connectivity index (χ4n) is 2.53. The molecule has 0 aromatic heterocycles. The number of carboxylic acid groups (broad SMARTS) is 1. The van der Waals surface area contributed by atoms with Gasteiger partial charge in [-0.1, -0.05) is 6.07 Å². The second kappa shape index (κ2) is 6.70. The smallest absolute Gasteiger partial charge is 0.304 e. The lowest BCUT2D eigenvalue weighted by molar-refractivity contribution is -0.137. The minimum absolute atomic E-state index is 0.122. The number of hydrogen-bond acceptors (Lipinski definition) is 3. The number of rotatable bonds is 6. The van der Waals surface area contributed by atoms with Gasteiger partial charge in [-0.3, -0.25) is 4.79 Å². The molecule has 4 nitrogen and oxygen atoms in total. The normalized spacial score (nSPS) is 15.1. The van der Waals surface area contributed by atoms with Crippen molar-refractivity contribution in [2.75, 3.05) is 31.6 Å². The summed E-state index contributed by atoms with van der Waals surface area (Å²) in [6.45, 7) is 2.95. The number of anilines is 1. The molecule has 20 heavy (non-hydrogen) atoms. The Morgan fingerprint density at radius 1 is 1.40 bits per heavy atom. The summed E-state index contributed by atoms with van der Waals surface area (Å²) >= 11 is 0. The van der Waals surface area contributed by atoms with Gasteiger partial charge >= 0.3 is 5.97 Å². The standard InChI is InChI=1S/C15H21FN2O2/c1-17(9-6-15(19)20)11-12-4-5-13(16)14(10-12)18-7-2-3-8-18/h4-5,10H,2-3,6-9,11H2,1H3,(H,19,20). The van der Waals surface area contributed by atoms with Gasteiger partial charge < -0.3 is 14.9 Å². The van der Waals surface area contributed by atoms with Crippen molar-refractivity contribution in [1.29, 1.82) is 0 Å². The second-order valence-corrected chi connectivity index (χ2v) is 5.36. The van der Waals surface area contributed by atoms with E-state index in [4.69, 9.17) is 5.11 Å². The fourth-order valence-corrected chi connectivity index (χ4v) is 2.53. The molecule has 0 bridgehead atoms. The van der Waals surface area contributed by atoms with Crippen molar-refractivity contribution in [2.45, 2.75) is 25.8 Å². The summed E-state index contributed by atoms with van der Waals surface area (Å²) in [5.74, 6) is -0.974. The minimum Gasteiger partial charge on any atom is -0.481 e. The van der Waals surface area contributed by atoms with Crippen LogP contribution >= 0.6 is 0 Å². The van der Waals surface area contributed by atoms with Crippen LogP contribution in [0, 0.1) is 5.82 Å². The predicted octanol–water partition coefficient (Wildman–Crippen LogP) is 2.33. The van der Waals surface area contributed by atoms with Gasteiger partial charge in [0.1, 0.15) is 5.82 Å². The maximum Gasteiger partial charge on any atom is 0.304 e. The van der Waals surface area contributed by atoms with E-state index in [1.54, 1.807) is 6.07 Å². The molecule has 0 spiro atoms. The van der Waals surface area contributed by atoms with Crippen molar-refractivity contribution in [2.24, 2.45) is 0 Å². The van der Waals surface area contributed by atoms with Crippen LogP contribution in [0.3, 0.4) is 0 Å². The van der Waals surface area contributed by atoms with E-state index < -0.39 is 5.97 Å². The number of aliphatic carboxylic acids is 1. The monoisotopic (exact) mass is 280 g/mol. The van der Waals surface area contributed by atoms with Crippen LogP contribution < -0.4 is 4.90 Å². The third-order valence-corrected chi connectivity index (χ3v) is 3.62. The van der Waals surface area contributed by atoms with Crippen LogP contribution in [0.15, 0.2) is 18.2 Å². The van der Waals surface area contributed by atoms with Gasteiger partial charge in [-0.2, -0.15) is 0 Å². The van der Waals surface area contributed by atoms with E-state index >= 15 is 0 Å². The summed E-state index contributed by atoms with van der Waals surface area (Å²) in [5.41, 5.74) is 1.69. The lowest BCUT2D eigenvalue weighted by Gasteiger charge is -2.21. The minimum atomic E-state index is -0.797. The first-order chi connectivity index (χ1) is 9.56. The average molecular weight is 280 g/mol. The highest BCUT2D eigenvalue weighted by atomic mass is 19.1. The molecule has 2 rings (SSSR count). The molecule has 0 amide bonds. The van der Waals surface area contributed by atoms with Gasteiger partial charge in [-0.05, 0) is 37.6 Å². The van der Waals surface area contributed by atoms with Crippen molar-refractivity contribution < 1.29 is 14.3 Å². The molecule has 1 heterocycles.